The summed E-state index contributed by atoms with van der Waals surface area (Å²) in [5, 5.41) is 2.76. The molecule has 32 heavy (non-hydrogen) atoms. The molecule has 0 radical (unpaired) electrons. The summed E-state index contributed by atoms with van der Waals surface area (Å²) in [7, 11) is 1.62. The molecule has 0 aliphatic rings. The van der Waals surface area contributed by atoms with Gasteiger partial charge in [0, 0.05) is 24.5 Å². The van der Waals surface area contributed by atoms with Crippen LogP contribution in [0.15, 0.2) is 77.3 Å². The van der Waals surface area contributed by atoms with Crippen LogP contribution in [0.4, 0.5) is 0 Å². The third-order valence-corrected chi connectivity index (χ3v) is 6.18. The van der Waals surface area contributed by atoms with E-state index < -0.39 is 6.04 Å². The van der Waals surface area contributed by atoms with Crippen molar-refractivity contribution in [2.45, 2.75) is 39.3 Å². The van der Waals surface area contributed by atoms with Gasteiger partial charge in [-0.05, 0) is 53.8 Å². The third-order valence-electron chi connectivity index (χ3n) is 5.69. The van der Waals surface area contributed by atoms with Gasteiger partial charge in [-0.2, -0.15) is 0 Å². The smallest absolute Gasteiger partial charge is 0.242 e. The van der Waals surface area contributed by atoms with Gasteiger partial charge in [0.25, 0.3) is 0 Å². The monoisotopic (exact) mass is 492 g/mol. The second-order valence-electron chi connectivity index (χ2n) is 8.07. The summed E-state index contributed by atoms with van der Waals surface area (Å²) in [6, 6.07) is 23.1. The molecule has 0 bridgehead atoms. The maximum absolute atomic E-state index is 13.6. The summed E-state index contributed by atoms with van der Waals surface area (Å²) in [5.41, 5.74) is 5.28. The number of carbonyl (C=O) groups excluding carboxylic acids is 2. The molecule has 0 aliphatic heterocycles. The first kappa shape index (κ1) is 23.7. The summed E-state index contributed by atoms with van der Waals surface area (Å²) >= 11 is 3.51. The second-order valence-corrected chi connectivity index (χ2v) is 8.98. The van der Waals surface area contributed by atoms with E-state index in [0.29, 0.717) is 13.0 Å². The molecule has 0 heterocycles. The third kappa shape index (κ3) is 6.30. The van der Waals surface area contributed by atoms with E-state index in [4.69, 9.17) is 0 Å². The molecule has 5 heteroatoms. The van der Waals surface area contributed by atoms with Crippen LogP contribution in [0.25, 0.3) is 0 Å². The predicted molar refractivity (Wildman–Crippen MR) is 132 cm³/mol. The predicted octanol–water partition coefficient (Wildman–Crippen LogP) is 4.99. The Kier molecular flexibility index (Phi) is 8.23. The fourth-order valence-electron chi connectivity index (χ4n) is 3.74. The highest BCUT2D eigenvalue weighted by Crippen LogP contribution is 2.19. The van der Waals surface area contributed by atoms with Crippen LogP contribution in [-0.2, 0) is 29.0 Å². The quantitative estimate of drug-likeness (QED) is 0.481. The zero-order chi connectivity index (χ0) is 23.1. The van der Waals surface area contributed by atoms with Crippen molar-refractivity contribution in [3.63, 3.8) is 0 Å². The van der Waals surface area contributed by atoms with Crippen molar-refractivity contribution in [1.29, 1.82) is 0 Å². The normalized spacial score (nSPS) is 11.6. The van der Waals surface area contributed by atoms with E-state index >= 15 is 0 Å². The Hall–Kier alpha value is -2.92. The first-order valence-corrected chi connectivity index (χ1v) is 11.5. The minimum Gasteiger partial charge on any atom is -0.357 e. The number of halogens is 1. The second kappa shape index (κ2) is 11.1. The van der Waals surface area contributed by atoms with Gasteiger partial charge in [-0.25, -0.2) is 0 Å². The number of aryl methyl sites for hydroxylation is 2. The van der Waals surface area contributed by atoms with Crippen LogP contribution in [0.1, 0.15) is 27.8 Å². The van der Waals surface area contributed by atoms with Crippen molar-refractivity contribution in [2.24, 2.45) is 0 Å². The highest BCUT2D eigenvalue weighted by molar-refractivity contribution is 9.10. The topological polar surface area (TPSA) is 49.4 Å². The minimum absolute atomic E-state index is 0.0715. The molecule has 3 rings (SSSR count). The molecule has 0 fully saturated rings. The summed E-state index contributed by atoms with van der Waals surface area (Å²) in [5.74, 6) is -0.241. The number of likely N-dealkylation sites (N-methyl/N-ethyl adjacent to an activating group) is 1. The average Bonchev–Trinajstić information content (AvgIpc) is 2.79. The van der Waals surface area contributed by atoms with E-state index in [9.17, 15) is 9.59 Å². The van der Waals surface area contributed by atoms with Crippen molar-refractivity contribution < 1.29 is 9.59 Å². The fourth-order valence-corrected chi connectivity index (χ4v) is 4.19. The van der Waals surface area contributed by atoms with Crippen LogP contribution in [0.5, 0.6) is 0 Å². The van der Waals surface area contributed by atoms with Crippen LogP contribution in [-0.4, -0.2) is 29.8 Å². The SMILES string of the molecule is CNC(=O)[C@@H](Cc1ccccc1)N(Cc1cccc(Br)c1)C(=O)Cc1ccc(C)c(C)c1. The van der Waals surface area contributed by atoms with E-state index in [2.05, 4.69) is 34.2 Å². The first-order valence-electron chi connectivity index (χ1n) is 10.7. The van der Waals surface area contributed by atoms with Crippen molar-refractivity contribution >= 4 is 27.7 Å². The lowest BCUT2D eigenvalue weighted by Crippen LogP contribution is -2.50. The van der Waals surface area contributed by atoms with Crippen LogP contribution >= 0.6 is 15.9 Å². The van der Waals surface area contributed by atoms with Gasteiger partial charge in [0.2, 0.25) is 11.8 Å². The minimum atomic E-state index is -0.611. The van der Waals surface area contributed by atoms with Gasteiger partial charge in [0.15, 0.2) is 0 Å². The Labute approximate surface area is 198 Å². The molecular weight excluding hydrogens is 464 g/mol. The molecule has 166 valence electrons. The lowest BCUT2D eigenvalue weighted by atomic mass is 10.0. The number of carbonyl (C=O) groups is 2. The lowest BCUT2D eigenvalue weighted by Gasteiger charge is -2.31. The molecule has 1 N–H and O–H groups in total. The Balaban J connectivity index is 1.95. The number of nitrogens with zero attached hydrogens (tertiary/aromatic N) is 1. The van der Waals surface area contributed by atoms with E-state index in [-0.39, 0.29) is 18.2 Å². The van der Waals surface area contributed by atoms with E-state index in [1.165, 1.54) is 5.56 Å². The van der Waals surface area contributed by atoms with Gasteiger partial charge in [-0.3, -0.25) is 9.59 Å². The fraction of sp³-hybridized carbons (Fsp3) is 0.259. The molecule has 4 nitrogen and oxygen atoms in total. The molecule has 0 spiro atoms. The number of hydrogen-bond acceptors (Lipinski definition) is 2. The van der Waals surface area contributed by atoms with Gasteiger partial charge >= 0.3 is 0 Å². The standard InChI is InChI=1S/C27H29BrN2O2/c1-19-12-13-22(14-20(19)2)17-26(31)30(18-23-10-7-11-24(28)15-23)25(27(32)29-3)16-21-8-5-4-6-9-21/h4-15,25H,16-18H2,1-3H3,(H,29,32)/t25-/m1/s1. The Morgan fingerprint density at radius 3 is 2.25 bits per heavy atom. The lowest BCUT2D eigenvalue weighted by molar-refractivity contribution is -0.140. The Morgan fingerprint density at radius 2 is 1.59 bits per heavy atom. The molecule has 0 saturated carbocycles. The van der Waals surface area contributed by atoms with Gasteiger partial charge in [-0.15, -0.1) is 0 Å². The Morgan fingerprint density at radius 1 is 0.875 bits per heavy atom. The van der Waals surface area contributed by atoms with Crippen molar-refractivity contribution in [3.8, 4) is 0 Å². The van der Waals surface area contributed by atoms with Crippen molar-refractivity contribution in [2.75, 3.05) is 7.05 Å². The molecule has 0 aromatic heterocycles. The molecular formula is C27H29BrN2O2. The summed E-state index contributed by atoms with van der Waals surface area (Å²) in [6.07, 6.45) is 0.699. The van der Waals surface area contributed by atoms with Gasteiger partial charge in [-0.1, -0.05) is 76.6 Å². The van der Waals surface area contributed by atoms with Gasteiger partial charge in [0.1, 0.15) is 6.04 Å². The van der Waals surface area contributed by atoms with Crippen LogP contribution in [0.2, 0.25) is 0 Å². The van der Waals surface area contributed by atoms with Crippen molar-refractivity contribution in [1.82, 2.24) is 10.2 Å². The summed E-state index contributed by atoms with van der Waals surface area (Å²) in [6.45, 7) is 4.46. The molecule has 3 aromatic carbocycles. The van der Waals surface area contributed by atoms with E-state index in [1.807, 2.05) is 73.7 Å². The zero-order valence-corrected chi connectivity index (χ0v) is 20.4. The number of amides is 2. The zero-order valence-electron chi connectivity index (χ0n) is 18.8. The summed E-state index contributed by atoms with van der Waals surface area (Å²) in [4.78, 5) is 28.3. The maximum atomic E-state index is 13.6. The van der Waals surface area contributed by atoms with E-state index in [0.717, 1.165) is 26.7 Å². The number of nitrogens with one attached hydrogen (secondary N) is 1. The molecule has 0 aliphatic carbocycles. The highest BCUT2D eigenvalue weighted by Gasteiger charge is 2.29. The largest absolute Gasteiger partial charge is 0.357 e. The van der Waals surface area contributed by atoms with Crippen LogP contribution in [0.3, 0.4) is 0 Å². The number of rotatable bonds is 8. The molecule has 0 unspecified atom stereocenters. The molecule has 3 aromatic rings. The maximum Gasteiger partial charge on any atom is 0.242 e. The molecule has 2 amide bonds. The van der Waals surface area contributed by atoms with Gasteiger partial charge < -0.3 is 10.2 Å². The number of hydrogen-bond donors (Lipinski definition) is 1. The number of benzene rings is 3. The first-order chi connectivity index (χ1) is 15.4. The van der Waals surface area contributed by atoms with Crippen molar-refractivity contribution in [3.05, 3.63) is 105 Å². The molecule has 1 atom stereocenters. The van der Waals surface area contributed by atoms with Crippen LogP contribution < -0.4 is 5.32 Å². The van der Waals surface area contributed by atoms with Gasteiger partial charge in [0.05, 0.1) is 6.42 Å². The highest BCUT2D eigenvalue weighted by atomic mass is 79.9. The average molecular weight is 493 g/mol. The summed E-state index contributed by atoms with van der Waals surface area (Å²) < 4.78 is 0.941. The Bertz CT molecular complexity index is 1080. The van der Waals surface area contributed by atoms with Crippen LogP contribution in [0, 0.1) is 13.8 Å². The molecule has 0 saturated heterocycles. The van der Waals surface area contributed by atoms with E-state index in [1.54, 1.807) is 11.9 Å².